The lowest BCUT2D eigenvalue weighted by molar-refractivity contribution is 0.353. The second-order valence-electron chi connectivity index (χ2n) is 4.61. The second kappa shape index (κ2) is 5.55. The number of hydrogen-bond donors (Lipinski definition) is 0. The predicted molar refractivity (Wildman–Crippen MR) is 82.4 cm³/mol. The van der Waals surface area contributed by atoms with E-state index in [2.05, 4.69) is 15.9 Å². The highest BCUT2D eigenvalue weighted by molar-refractivity contribution is 9.10. The summed E-state index contributed by atoms with van der Waals surface area (Å²) in [5, 5.41) is -0.0524. The molecule has 1 heterocycles. The van der Waals surface area contributed by atoms with Crippen LogP contribution in [-0.4, -0.2) is 6.61 Å². The maximum absolute atomic E-state index is 14.0. The van der Waals surface area contributed by atoms with Gasteiger partial charge in [0.15, 0.2) is 0 Å². The molecule has 0 saturated carbocycles. The van der Waals surface area contributed by atoms with Gasteiger partial charge in [-0.1, -0.05) is 27.5 Å². The molecule has 0 aromatic heterocycles. The van der Waals surface area contributed by atoms with E-state index < -0.39 is 5.38 Å². The number of hydrogen-bond acceptors (Lipinski definition) is 1. The van der Waals surface area contributed by atoms with Crippen LogP contribution in [0.15, 0.2) is 34.8 Å². The Bertz CT molecular complexity index is 675. The molecule has 0 bridgehead atoms. The van der Waals surface area contributed by atoms with Gasteiger partial charge in [0.05, 0.1) is 12.0 Å². The van der Waals surface area contributed by atoms with Crippen LogP contribution < -0.4 is 4.74 Å². The first-order valence-electron chi connectivity index (χ1n) is 6.10. The number of ether oxygens (including phenoxy) is 1. The molecule has 0 saturated heterocycles. The first kappa shape index (κ1) is 14.2. The quantitative estimate of drug-likeness (QED) is 0.629. The summed E-state index contributed by atoms with van der Waals surface area (Å²) in [4.78, 5) is 0. The van der Waals surface area contributed by atoms with Crippen LogP contribution >= 0.6 is 39.1 Å². The molecule has 0 radical (unpaired) electrons. The molecule has 0 amide bonds. The van der Waals surface area contributed by atoms with E-state index in [1.165, 1.54) is 6.07 Å². The van der Waals surface area contributed by atoms with E-state index in [1.54, 1.807) is 18.2 Å². The molecule has 3 rings (SSSR count). The summed E-state index contributed by atoms with van der Waals surface area (Å²) in [6.45, 7) is 0.604. The van der Waals surface area contributed by atoms with Gasteiger partial charge in [-0.2, -0.15) is 0 Å². The van der Waals surface area contributed by atoms with Crippen LogP contribution in [-0.2, 0) is 6.42 Å². The van der Waals surface area contributed by atoms with Crippen molar-refractivity contribution in [1.82, 2.24) is 0 Å². The van der Waals surface area contributed by atoms with E-state index >= 15 is 0 Å². The van der Waals surface area contributed by atoms with Gasteiger partial charge in [-0.25, -0.2) is 4.39 Å². The third kappa shape index (κ3) is 2.54. The van der Waals surface area contributed by atoms with Gasteiger partial charge in [-0.3, -0.25) is 0 Å². The predicted octanol–water partition coefficient (Wildman–Crippen LogP) is 5.50. The summed E-state index contributed by atoms with van der Waals surface area (Å²) in [7, 11) is 0. The molecule has 1 unspecified atom stereocenters. The maximum atomic E-state index is 14.0. The lowest BCUT2D eigenvalue weighted by Gasteiger charge is -2.16. The molecule has 1 atom stereocenters. The smallest absolute Gasteiger partial charge is 0.128 e. The lowest BCUT2D eigenvalue weighted by atomic mass is 10.00. The number of halogens is 4. The van der Waals surface area contributed by atoms with Crippen molar-refractivity contribution >= 4 is 39.1 Å². The highest BCUT2D eigenvalue weighted by atomic mass is 79.9. The largest absolute Gasteiger partial charge is 0.493 e. The summed E-state index contributed by atoms with van der Waals surface area (Å²) < 4.78 is 20.4. The van der Waals surface area contributed by atoms with E-state index in [0.717, 1.165) is 22.2 Å². The van der Waals surface area contributed by atoms with Gasteiger partial charge >= 0.3 is 0 Å². The molecular weight excluding hydrogens is 366 g/mol. The van der Waals surface area contributed by atoms with E-state index in [9.17, 15) is 4.39 Å². The molecule has 0 N–H and O–H groups in total. The molecule has 1 aliphatic rings. The highest BCUT2D eigenvalue weighted by Gasteiger charge is 2.25. The molecule has 0 aliphatic carbocycles. The Morgan fingerprint density at radius 3 is 2.80 bits per heavy atom. The fourth-order valence-electron chi connectivity index (χ4n) is 2.36. The molecule has 0 fully saturated rings. The Balaban J connectivity index is 2.11. The zero-order valence-electron chi connectivity index (χ0n) is 10.3. The van der Waals surface area contributed by atoms with Crippen molar-refractivity contribution in [3.05, 3.63) is 62.3 Å². The van der Waals surface area contributed by atoms with Gasteiger partial charge in [0, 0.05) is 27.0 Å². The molecule has 0 spiro atoms. The molecule has 5 heteroatoms. The van der Waals surface area contributed by atoms with Crippen LogP contribution in [0.1, 0.15) is 22.1 Å². The van der Waals surface area contributed by atoms with E-state index in [4.69, 9.17) is 27.9 Å². The summed E-state index contributed by atoms with van der Waals surface area (Å²) >= 11 is 15.9. The van der Waals surface area contributed by atoms with Gasteiger partial charge in [0.2, 0.25) is 0 Å². The van der Waals surface area contributed by atoms with E-state index in [-0.39, 0.29) is 5.82 Å². The minimum atomic E-state index is -0.641. The van der Waals surface area contributed by atoms with Gasteiger partial charge < -0.3 is 4.74 Å². The van der Waals surface area contributed by atoms with Gasteiger partial charge in [0.1, 0.15) is 11.6 Å². The van der Waals surface area contributed by atoms with Crippen molar-refractivity contribution in [1.29, 1.82) is 0 Å². The van der Waals surface area contributed by atoms with Crippen LogP contribution in [0.2, 0.25) is 5.02 Å². The number of fused-ring (bicyclic) bond motifs is 1. The minimum absolute atomic E-state index is 0.347. The average molecular weight is 376 g/mol. The zero-order valence-corrected chi connectivity index (χ0v) is 13.4. The summed E-state index contributed by atoms with van der Waals surface area (Å²) in [6, 6.07) is 8.31. The minimum Gasteiger partial charge on any atom is -0.493 e. The summed E-state index contributed by atoms with van der Waals surface area (Å²) in [6.07, 6.45) is 0.799. The molecule has 104 valence electrons. The fourth-order valence-corrected chi connectivity index (χ4v) is 3.32. The number of alkyl halides is 1. The molecule has 20 heavy (non-hydrogen) atoms. The Morgan fingerprint density at radius 1 is 1.20 bits per heavy atom. The van der Waals surface area contributed by atoms with Gasteiger partial charge in [-0.05, 0) is 35.9 Å². The number of rotatable bonds is 2. The lowest BCUT2D eigenvalue weighted by Crippen LogP contribution is -2.00. The first-order chi connectivity index (χ1) is 9.56. The van der Waals surface area contributed by atoms with Crippen LogP contribution in [0.25, 0.3) is 0 Å². The Kier molecular flexibility index (Phi) is 3.93. The van der Waals surface area contributed by atoms with Crippen LogP contribution in [0.4, 0.5) is 4.39 Å². The average Bonchev–Trinajstić information content (AvgIpc) is 2.87. The van der Waals surface area contributed by atoms with Crippen molar-refractivity contribution in [2.24, 2.45) is 0 Å². The Labute approximate surface area is 134 Å². The Hall–Kier alpha value is -0.770. The maximum Gasteiger partial charge on any atom is 0.128 e. The summed E-state index contributed by atoms with van der Waals surface area (Å²) in [5.41, 5.74) is 2.14. The van der Waals surface area contributed by atoms with Crippen molar-refractivity contribution in [2.45, 2.75) is 11.8 Å². The zero-order chi connectivity index (χ0) is 14.3. The highest BCUT2D eigenvalue weighted by Crippen LogP contribution is 2.42. The second-order valence-corrected chi connectivity index (χ2v) is 6.40. The number of benzene rings is 2. The normalized spacial score (nSPS) is 14.8. The van der Waals surface area contributed by atoms with Crippen molar-refractivity contribution in [3.63, 3.8) is 0 Å². The topological polar surface area (TPSA) is 9.23 Å². The fraction of sp³-hybridized carbons (Fsp3) is 0.200. The van der Waals surface area contributed by atoms with Crippen LogP contribution in [0, 0.1) is 5.82 Å². The van der Waals surface area contributed by atoms with Gasteiger partial charge in [-0.15, -0.1) is 11.6 Å². The van der Waals surface area contributed by atoms with Crippen LogP contribution in [0.3, 0.4) is 0 Å². The molecule has 1 aliphatic heterocycles. The first-order valence-corrected chi connectivity index (χ1v) is 7.71. The SMILES string of the molecule is Fc1ccc(Br)cc1C(Cl)c1cc(Cl)cc2c1OCC2. The molecule has 1 nitrogen and oxygen atoms in total. The third-order valence-electron chi connectivity index (χ3n) is 3.28. The van der Waals surface area contributed by atoms with E-state index in [1.807, 2.05) is 6.07 Å². The molecule has 2 aromatic carbocycles. The van der Waals surface area contributed by atoms with Crippen molar-refractivity contribution < 1.29 is 9.13 Å². The van der Waals surface area contributed by atoms with Gasteiger partial charge in [0.25, 0.3) is 0 Å². The van der Waals surface area contributed by atoms with Crippen molar-refractivity contribution in [3.8, 4) is 5.75 Å². The van der Waals surface area contributed by atoms with Crippen LogP contribution in [0.5, 0.6) is 5.75 Å². The molecular formula is C15H10BrCl2FO. The summed E-state index contributed by atoms with van der Waals surface area (Å²) in [5.74, 6) is 0.383. The third-order valence-corrected chi connectivity index (χ3v) is 4.46. The van der Waals surface area contributed by atoms with Crippen molar-refractivity contribution in [2.75, 3.05) is 6.61 Å². The van der Waals surface area contributed by atoms with E-state index in [0.29, 0.717) is 22.8 Å². The standard InChI is InChI=1S/C15H10BrCl2FO/c16-9-1-2-13(19)11(6-9)14(18)12-7-10(17)5-8-3-4-20-15(8)12/h1-2,5-7,14H,3-4H2. The monoisotopic (exact) mass is 374 g/mol. The molecule has 2 aromatic rings. The Morgan fingerprint density at radius 2 is 2.00 bits per heavy atom.